The second-order valence-electron chi connectivity index (χ2n) is 9.26. The minimum absolute atomic E-state index is 0.0101. The fourth-order valence-corrected chi connectivity index (χ4v) is 5.81. The molecule has 0 aliphatic carbocycles. The molecule has 9 heteroatoms. The molecule has 8 nitrogen and oxygen atoms in total. The zero-order valence-electron chi connectivity index (χ0n) is 20.0. The lowest BCUT2D eigenvalue weighted by Gasteiger charge is -2.33. The highest BCUT2D eigenvalue weighted by molar-refractivity contribution is 7.12. The standard InChI is InChI=1S/C25H33N3O5S/c1-4-33-24(31)15-27-7-5-26(6-8-27)13-18-9-17-12-28(14-23(17)34-18)25(32)20-10-19(16(2)3)21(29)11-22(20)30/h9-11,16,29-30H,4-8,12-15H2,1-3H3. The van der Waals surface area contributed by atoms with Crippen molar-refractivity contribution < 1.29 is 24.5 Å². The highest BCUT2D eigenvalue weighted by Crippen LogP contribution is 2.36. The van der Waals surface area contributed by atoms with Crippen molar-refractivity contribution in [2.75, 3.05) is 39.3 Å². The maximum atomic E-state index is 13.1. The Bertz CT molecular complexity index is 1040. The maximum Gasteiger partial charge on any atom is 0.320 e. The molecule has 2 aliphatic rings. The zero-order valence-corrected chi connectivity index (χ0v) is 20.9. The van der Waals surface area contributed by atoms with Crippen LogP contribution in [-0.4, -0.2) is 76.1 Å². The first kappa shape index (κ1) is 24.5. The summed E-state index contributed by atoms with van der Waals surface area (Å²) in [5.41, 5.74) is 2.05. The fourth-order valence-electron chi connectivity index (χ4n) is 4.57. The largest absolute Gasteiger partial charge is 0.508 e. The summed E-state index contributed by atoms with van der Waals surface area (Å²) in [5, 5.41) is 20.3. The predicted molar refractivity (Wildman–Crippen MR) is 130 cm³/mol. The molecule has 1 aromatic carbocycles. The quantitative estimate of drug-likeness (QED) is 0.580. The molecule has 0 atom stereocenters. The Morgan fingerprint density at radius 1 is 1.03 bits per heavy atom. The van der Waals surface area contributed by atoms with E-state index in [9.17, 15) is 19.8 Å². The van der Waals surface area contributed by atoms with Crippen LogP contribution in [0.1, 0.15) is 57.9 Å². The average Bonchev–Trinajstić information content (AvgIpc) is 3.33. The van der Waals surface area contributed by atoms with Crippen molar-refractivity contribution in [1.82, 2.24) is 14.7 Å². The Balaban J connectivity index is 1.33. The molecule has 34 heavy (non-hydrogen) atoms. The number of hydrogen-bond acceptors (Lipinski definition) is 8. The van der Waals surface area contributed by atoms with Gasteiger partial charge in [-0.3, -0.25) is 19.4 Å². The first-order chi connectivity index (χ1) is 16.2. The first-order valence-corrected chi connectivity index (χ1v) is 12.6. The van der Waals surface area contributed by atoms with Crippen LogP contribution in [0.3, 0.4) is 0 Å². The van der Waals surface area contributed by atoms with Crippen LogP contribution < -0.4 is 0 Å². The molecule has 1 aromatic heterocycles. The van der Waals surface area contributed by atoms with E-state index in [-0.39, 0.29) is 34.9 Å². The molecule has 0 unspecified atom stereocenters. The average molecular weight is 488 g/mol. The number of amides is 1. The van der Waals surface area contributed by atoms with Gasteiger partial charge in [0.15, 0.2) is 0 Å². The minimum Gasteiger partial charge on any atom is -0.508 e. The number of aromatic hydroxyl groups is 2. The number of phenols is 2. The number of nitrogens with zero attached hydrogens (tertiary/aromatic N) is 3. The number of rotatable bonds is 7. The number of ether oxygens (including phenoxy) is 1. The van der Waals surface area contributed by atoms with Crippen LogP contribution >= 0.6 is 11.3 Å². The van der Waals surface area contributed by atoms with Gasteiger partial charge in [0.1, 0.15) is 11.5 Å². The van der Waals surface area contributed by atoms with Crippen LogP contribution in [-0.2, 0) is 29.2 Å². The van der Waals surface area contributed by atoms with Crippen LogP contribution in [0.15, 0.2) is 18.2 Å². The van der Waals surface area contributed by atoms with Crippen LogP contribution in [0.2, 0.25) is 0 Å². The number of phenolic OH excluding ortho intramolecular Hbond substituents is 2. The van der Waals surface area contributed by atoms with Crippen molar-refractivity contribution in [2.24, 2.45) is 0 Å². The topological polar surface area (TPSA) is 93.6 Å². The summed E-state index contributed by atoms with van der Waals surface area (Å²) in [6, 6.07) is 5.06. The molecule has 0 spiro atoms. The van der Waals surface area contributed by atoms with Gasteiger partial charge < -0.3 is 19.8 Å². The number of carbonyl (C=O) groups excluding carboxylic acids is 2. The van der Waals surface area contributed by atoms with Gasteiger partial charge in [-0.2, -0.15) is 0 Å². The monoisotopic (exact) mass is 487 g/mol. The molecule has 0 saturated carbocycles. The summed E-state index contributed by atoms with van der Waals surface area (Å²) in [7, 11) is 0. The molecular weight excluding hydrogens is 454 g/mol. The smallest absolute Gasteiger partial charge is 0.320 e. The third-order valence-corrected chi connectivity index (χ3v) is 7.58. The number of piperazine rings is 1. The van der Waals surface area contributed by atoms with Crippen molar-refractivity contribution in [3.8, 4) is 11.5 Å². The summed E-state index contributed by atoms with van der Waals surface area (Å²) >= 11 is 1.74. The van der Waals surface area contributed by atoms with Gasteiger partial charge in [0, 0.05) is 55.1 Å². The van der Waals surface area contributed by atoms with Crippen molar-refractivity contribution in [2.45, 2.75) is 46.3 Å². The van der Waals surface area contributed by atoms with Crippen molar-refractivity contribution >= 4 is 23.2 Å². The molecule has 1 amide bonds. The van der Waals surface area contributed by atoms with E-state index in [1.165, 1.54) is 15.8 Å². The van der Waals surface area contributed by atoms with E-state index in [0.29, 0.717) is 31.8 Å². The lowest BCUT2D eigenvalue weighted by Crippen LogP contribution is -2.47. The SMILES string of the molecule is CCOC(=O)CN1CCN(Cc2cc3c(s2)CN(C(=O)c2cc(C(C)C)c(O)cc2O)C3)CC1. The molecule has 2 aromatic rings. The first-order valence-electron chi connectivity index (χ1n) is 11.8. The summed E-state index contributed by atoms with van der Waals surface area (Å²) in [4.78, 5) is 33.5. The number of thiophene rings is 1. The van der Waals surface area contributed by atoms with Crippen molar-refractivity contribution in [3.05, 3.63) is 44.6 Å². The van der Waals surface area contributed by atoms with Gasteiger partial charge in [0.25, 0.3) is 5.91 Å². The van der Waals surface area contributed by atoms with Gasteiger partial charge in [0.2, 0.25) is 0 Å². The van der Waals surface area contributed by atoms with E-state index in [4.69, 9.17) is 4.74 Å². The Morgan fingerprint density at radius 3 is 2.38 bits per heavy atom. The Hall–Kier alpha value is -2.62. The highest BCUT2D eigenvalue weighted by atomic mass is 32.1. The molecule has 2 aliphatic heterocycles. The Morgan fingerprint density at radius 2 is 1.74 bits per heavy atom. The van der Waals surface area contributed by atoms with E-state index in [1.54, 1.807) is 22.3 Å². The molecular formula is C25H33N3O5S. The van der Waals surface area contributed by atoms with Gasteiger partial charge in [-0.15, -0.1) is 11.3 Å². The van der Waals surface area contributed by atoms with E-state index >= 15 is 0 Å². The highest BCUT2D eigenvalue weighted by Gasteiger charge is 2.29. The van der Waals surface area contributed by atoms with Crippen molar-refractivity contribution in [1.29, 1.82) is 0 Å². The lowest BCUT2D eigenvalue weighted by molar-refractivity contribution is -0.144. The van der Waals surface area contributed by atoms with E-state index in [1.807, 2.05) is 20.8 Å². The number of benzene rings is 1. The molecule has 1 saturated heterocycles. The molecule has 4 rings (SSSR count). The number of hydrogen-bond donors (Lipinski definition) is 2. The molecule has 3 heterocycles. The van der Waals surface area contributed by atoms with Crippen LogP contribution in [0.5, 0.6) is 11.5 Å². The predicted octanol–water partition coefficient (Wildman–Crippen LogP) is 3.12. The van der Waals surface area contributed by atoms with Gasteiger partial charge >= 0.3 is 5.97 Å². The third-order valence-electron chi connectivity index (χ3n) is 6.43. The zero-order chi connectivity index (χ0) is 24.4. The van der Waals surface area contributed by atoms with Gasteiger partial charge in [-0.25, -0.2) is 0 Å². The van der Waals surface area contributed by atoms with Crippen LogP contribution in [0.25, 0.3) is 0 Å². The third kappa shape index (κ3) is 5.37. The van der Waals surface area contributed by atoms with Gasteiger partial charge in [0.05, 0.1) is 25.3 Å². The Labute approximate surface area is 204 Å². The van der Waals surface area contributed by atoms with E-state index < -0.39 is 0 Å². The van der Waals surface area contributed by atoms with Crippen LogP contribution in [0, 0.1) is 0 Å². The normalized spacial score (nSPS) is 16.8. The number of carbonyl (C=O) groups is 2. The molecule has 0 radical (unpaired) electrons. The fraction of sp³-hybridized carbons (Fsp3) is 0.520. The summed E-state index contributed by atoms with van der Waals surface area (Å²) in [6.45, 7) is 11.9. The second-order valence-corrected chi connectivity index (χ2v) is 10.5. The lowest BCUT2D eigenvalue weighted by atomic mass is 9.98. The molecule has 2 N–H and O–H groups in total. The number of esters is 1. The molecule has 0 bridgehead atoms. The van der Waals surface area contributed by atoms with Crippen LogP contribution in [0.4, 0.5) is 0 Å². The van der Waals surface area contributed by atoms with E-state index in [2.05, 4.69) is 15.9 Å². The second kappa shape index (κ2) is 10.3. The maximum absolute atomic E-state index is 13.1. The van der Waals surface area contributed by atoms with E-state index in [0.717, 1.165) is 38.3 Å². The van der Waals surface area contributed by atoms with Gasteiger partial charge in [-0.05, 0) is 36.1 Å². The number of fused-ring (bicyclic) bond motifs is 1. The van der Waals surface area contributed by atoms with Crippen molar-refractivity contribution in [3.63, 3.8) is 0 Å². The summed E-state index contributed by atoms with van der Waals surface area (Å²) < 4.78 is 5.04. The minimum atomic E-state index is -0.220. The summed E-state index contributed by atoms with van der Waals surface area (Å²) in [6.07, 6.45) is 0. The van der Waals surface area contributed by atoms with Gasteiger partial charge in [-0.1, -0.05) is 13.8 Å². The summed E-state index contributed by atoms with van der Waals surface area (Å²) in [5.74, 6) is -0.518. The Kier molecular flexibility index (Phi) is 7.45. The molecule has 184 valence electrons. The molecule has 1 fully saturated rings.